The van der Waals surface area contributed by atoms with Crippen molar-refractivity contribution >= 4 is 11.7 Å². The Kier molecular flexibility index (Phi) is 3.44. The second-order valence-electron chi connectivity index (χ2n) is 3.48. The fourth-order valence-corrected chi connectivity index (χ4v) is 1.57. The maximum Gasteiger partial charge on any atom is 0.211 e. The van der Waals surface area contributed by atoms with Crippen LogP contribution in [0.4, 0.5) is 0 Å². The maximum atomic E-state index is 5.22. The molecule has 0 saturated heterocycles. The van der Waals surface area contributed by atoms with Gasteiger partial charge in [0, 0.05) is 5.56 Å². The third-order valence-electron chi connectivity index (χ3n) is 2.16. The van der Waals surface area contributed by atoms with Gasteiger partial charge in [-0.1, -0.05) is 18.2 Å². The maximum absolute atomic E-state index is 5.22. The van der Waals surface area contributed by atoms with Gasteiger partial charge in [0.2, 0.25) is 5.96 Å². The van der Waals surface area contributed by atoms with E-state index in [0.29, 0.717) is 0 Å². The van der Waals surface area contributed by atoms with Gasteiger partial charge in [0.1, 0.15) is 0 Å². The normalized spacial score (nSPS) is 11.3. The first-order chi connectivity index (χ1) is 7.02. The molecule has 0 heterocycles. The van der Waals surface area contributed by atoms with E-state index in [0.717, 1.165) is 11.3 Å². The Morgan fingerprint density at radius 1 is 1.07 bits per heavy atom. The number of hydrogen-bond acceptors (Lipinski definition) is 2. The topological polar surface area (TPSA) is 76.8 Å². The summed E-state index contributed by atoms with van der Waals surface area (Å²) in [5.41, 5.74) is 14.7. The van der Waals surface area contributed by atoms with Crippen LogP contribution in [0.2, 0.25) is 0 Å². The molecule has 4 nitrogen and oxygen atoms in total. The Morgan fingerprint density at radius 3 is 2.07 bits per heavy atom. The highest BCUT2D eigenvalue weighted by Crippen LogP contribution is 2.14. The first-order valence-corrected chi connectivity index (χ1v) is 4.72. The molecule has 0 bridgehead atoms. The van der Waals surface area contributed by atoms with Crippen molar-refractivity contribution in [3.63, 3.8) is 0 Å². The van der Waals surface area contributed by atoms with Crippen molar-refractivity contribution in [2.45, 2.75) is 20.8 Å². The summed E-state index contributed by atoms with van der Waals surface area (Å²) in [6, 6.07) is 6.09. The SMILES string of the molecule is C/C(=N\N=C(N)N)c1c(C)cccc1C. The predicted molar refractivity (Wildman–Crippen MR) is 63.9 cm³/mol. The average molecular weight is 204 g/mol. The van der Waals surface area contributed by atoms with Gasteiger partial charge in [-0.3, -0.25) is 0 Å². The molecule has 0 aliphatic carbocycles. The van der Waals surface area contributed by atoms with Gasteiger partial charge >= 0.3 is 0 Å². The highest BCUT2D eigenvalue weighted by atomic mass is 15.3. The number of guanidine groups is 1. The summed E-state index contributed by atoms with van der Waals surface area (Å²) >= 11 is 0. The van der Waals surface area contributed by atoms with E-state index in [2.05, 4.69) is 10.2 Å². The van der Waals surface area contributed by atoms with Gasteiger partial charge in [-0.25, -0.2) is 0 Å². The number of hydrogen-bond donors (Lipinski definition) is 2. The van der Waals surface area contributed by atoms with Gasteiger partial charge < -0.3 is 11.5 Å². The zero-order valence-electron chi connectivity index (χ0n) is 9.28. The molecule has 0 spiro atoms. The molecular weight excluding hydrogens is 188 g/mol. The van der Waals surface area contributed by atoms with Crippen LogP contribution >= 0.6 is 0 Å². The van der Waals surface area contributed by atoms with Crippen LogP contribution in [0.25, 0.3) is 0 Å². The number of benzene rings is 1. The van der Waals surface area contributed by atoms with Gasteiger partial charge in [-0.2, -0.15) is 5.10 Å². The lowest BCUT2D eigenvalue weighted by Crippen LogP contribution is -2.22. The van der Waals surface area contributed by atoms with Gasteiger partial charge in [0.15, 0.2) is 0 Å². The van der Waals surface area contributed by atoms with Crippen molar-refractivity contribution < 1.29 is 0 Å². The van der Waals surface area contributed by atoms with E-state index in [1.54, 1.807) is 0 Å². The Hall–Kier alpha value is -1.84. The Balaban J connectivity index is 3.16. The average Bonchev–Trinajstić information content (AvgIpc) is 2.14. The van der Waals surface area contributed by atoms with Crippen LogP contribution in [0.15, 0.2) is 28.4 Å². The molecule has 0 radical (unpaired) electrons. The zero-order chi connectivity index (χ0) is 11.4. The molecule has 0 aliphatic rings. The van der Waals surface area contributed by atoms with E-state index in [1.807, 2.05) is 39.0 Å². The molecule has 15 heavy (non-hydrogen) atoms. The molecule has 4 heteroatoms. The highest BCUT2D eigenvalue weighted by Gasteiger charge is 2.04. The summed E-state index contributed by atoms with van der Waals surface area (Å²) in [5, 5.41) is 7.61. The van der Waals surface area contributed by atoms with Crippen molar-refractivity contribution in [1.82, 2.24) is 0 Å². The second kappa shape index (κ2) is 4.59. The van der Waals surface area contributed by atoms with Crippen molar-refractivity contribution in [2.75, 3.05) is 0 Å². The molecule has 0 aromatic heterocycles. The lowest BCUT2D eigenvalue weighted by molar-refractivity contribution is 1.19. The number of nitrogens with two attached hydrogens (primary N) is 2. The Morgan fingerprint density at radius 2 is 1.60 bits per heavy atom. The smallest absolute Gasteiger partial charge is 0.211 e. The lowest BCUT2D eigenvalue weighted by atomic mass is 10.00. The minimum absolute atomic E-state index is 0.0272. The molecule has 0 aliphatic heterocycles. The van der Waals surface area contributed by atoms with Crippen LogP contribution in [0.5, 0.6) is 0 Å². The van der Waals surface area contributed by atoms with Crippen LogP contribution in [0, 0.1) is 13.8 Å². The molecule has 1 aromatic carbocycles. The van der Waals surface area contributed by atoms with Crippen LogP contribution in [-0.4, -0.2) is 11.7 Å². The minimum atomic E-state index is -0.0272. The van der Waals surface area contributed by atoms with Gasteiger partial charge in [-0.15, -0.1) is 5.10 Å². The van der Waals surface area contributed by atoms with E-state index in [9.17, 15) is 0 Å². The number of nitrogens with zero attached hydrogens (tertiary/aromatic N) is 2. The van der Waals surface area contributed by atoms with Gasteiger partial charge in [0.25, 0.3) is 0 Å². The highest BCUT2D eigenvalue weighted by molar-refractivity contribution is 6.01. The fourth-order valence-electron chi connectivity index (χ4n) is 1.57. The monoisotopic (exact) mass is 204 g/mol. The summed E-state index contributed by atoms with van der Waals surface area (Å²) in [6.07, 6.45) is 0. The van der Waals surface area contributed by atoms with Crippen LogP contribution < -0.4 is 11.5 Å². The first-order valence-electron chi connectivity index (χ1n) is 4.72. The van der Waals surface area contributed by atoms with Crippen LogP contribution in [-0.2, 0) is 0 Å². The van der Waals surface area contributed by atoms with E-state index in [-0.39, 0.29) is 5.96 Å². The third-order valence-corrected chi connectivity index (χ3v) is 2.16. The van der Waals surface area contributed by atoms with E-state index < -0.39 is 0 Å². The molecule has 1 rings (SSSR count). The summed E-state index contributed by atoms with van der Waals surface area (Å²) in [4.78, 5) is 0. The van der Waals surface area contributed by atoms with E-state index in [4.69, 9.17) is 11.5 Å². The van der Waals surface area contributed by atoms with Gasteiger partial charge in [-0.05, 0) is 31.9 Å². The second-order valence-corrected chi connectivity index (χ2v) is 3.48. The van der Waals surface area contributed by atoms with E-state index >= 15 is 0 Å². The van der Waals surface area contributed by atoms with Crippen molar-refractivity contribution in [3.8, 4) is 0 Å². The largest absolute Gasteiger partial charge is 0.369 e. The molecular formula is C11H16N4. The minimum Gasteiger partial charge on any atom is -0.369 e. The third kappa shape index (κ3) is 2.80. The quantitative estimate of drug-likeness (QED) is 0.433. The standard InChI is InChI=1S/C11H16N4/c1-7-5-4-6-8(2)10(7)9(3)14-15-11(12)13/h4-6H,1-3H3,(H4,12,13,15)/b14-9+. The fraction of sp³-hybridized carbons (Fsp3) is 0.273. The molecule has 0 fully saturated rings. The molecule has 0 amide bonds. The molecule has 0 saturated carbocycles. The molecule has 1 aromatic rings. The molecule has 80 valence electrons. The Bertz CT molecular complexity index is 394. The summed E-state index contributed by atoms with van der Waals surface area (Å²) < 4.78 is 0. The predicted octanol–water partition coefficient (Wildman–Crippen LogP) is 1.30. The van der Waals surface area contributed by atoms with Crippen molar-refractivity contribution in [3.05, 3.63) is 34.9 Å². The molecule has 0 atom stereocenters. The van der Waals surface area contributed by atoms with Crippen molar-refractivity contribution in [1.29, 1.82) is 0 Å². The summed E-state index contributed by atoms with van der Waals surface area (Å²) in [6.45, 7) is 5.97. The zero-order valence-corrected chi connectivity index (χ0v) is 9.28. The van der Waals surface area contributed by atoms with Crippen LogP contribution in [0.1, 0.15) is 23.6 Å². The lowest BCUT2D eigenvalue weighted by Gasteiger charge is -2.07. The molecule has 0 unspecified atom stereocenters. The van der Waals surface area contributed by atoms with Crippen LogP contribution in [0.3, 0.4) is 0 Å². The Labute approximate surface area is 89.7 Å². The number of aryl methyl sites for hydroxylation is 2. The summed E-state index contributed by atoms with van der Waals surface area (Å²) in [7, 11) is 0. The van der Waals surface area contributed by atoms with Gasteiger partial charge in [0.05, 0.1) is 5.71 Å². The van der Waals surface area contributed by atoms with Crippen molar-refractivity contribution in [2.24, 2.45) is 21.7 Å². The van der Waals surface area contributed by atoms with E-state index in [1.165, 1.54) is 11.1 Å². The molecule has 4 N–H and O–H groups in total. The summed E-state index contributed by atoms with van der Waals surface area (Å²) in [5.74, 6) is -0.0272. The number of rotatable bonds is 2. The first kappa shape index (κ1) is 11.2.